The number of esters is 1. The number of amides is 1. The Labute approximate surface area is 183 Å². The van der Waals surface area contributed by atoms with Gasteiger partial charge in [0.15, 0.2) is 6.61 Å². The standard InChI is InChI=1S/C25H29N3O3/c1-4-12-28-17(2)13-20(18(28)3)14-21(15-26)25(30)31-16-24(29)27-23-11-7-9-19-8-5-6-10-22(19)23/h5-6,8,10,13-14,23H,4,7,9,11-12,16H2,1-3H3,(H,27,29)/b21-14+/t23-/m0/s1. The van der Waals surface area contributed by atoms with E-state index in [2.05, 4.69) is 22.9 Å². The predicted octanol–water partition coefficient (Wildman–Crippen LogP) is 4.16. The van der Waals surface area contributed by atoms with Gasteiger partial charge >= 0.3 is 5.97 Å². The second-order valence-corrected chi connectivity index (χ2v) is 7.94. The third-order valence-electron chi connectivity index (χ3n) is 5.74. The number of fused-ring (bicyclic) bond motifs is 1. The number of benzene rings is 1. The molecular weight excluding hydrogens is 390 g/mol. The van der Waals surface area contributed by atoms with Crippen LogP contribution in [0.5, 0.6) is 0 Å². The molecule has 0 saturated heterocycles. The molecule has 162 valence electrons. The lowest BCUT2D eigenvalue weighted by Crippen LogP contribution is -2.34. The molecule has 6 heteroatoms. The summed E-state index contributed by atoms with van der Waals surface area (Å²) in [6.07, 6.45) is 5.39. The van der Waals surface area contributed by atoms with Gasteiger partial charge in [0.25, 0.3) is 5.91 Å². The molecule has 0 aliphatic heterocycles. The van der Waals surface area contributed by atoms with Crippen LogP contribution in [-0.4, -0.2) is 23.1 Å². The van der Waals surface area contributed by atoms with Crippen LogP contribution in [0.1, 0.15) is 60.3 Å². The molecule has 1 aliphatic carbocycles. The lowest BCUT2D eigenvalue weighted by Gasteiger charge is -2.26. The zero-order chi connectivity index (χ0) is 22.4. The van der Waals surface area contributed by atoms with E-state index in [0.29, 0.717) is 0 Å². The molecule has 31 heavy (non-hydrogen) atoms. The summed E-state index contributed by atoms with van der Waals surface area (Å²) in [7, 11) is 0. The number of nitrogens with zero attached hydrogens (tertiary/aromatic N) is 2. The summed E-state index contributed by atoms with van der Waals surface area (Å²) >= 11 is 0. The number of carbonyl (C=O) groups excluding carboxylic acids is 2. The van der Waals surface area contributed by atoms with Gasteiger partial charge in [0.2, 0.25) is 0 Å². The first-order chi connectivity index (χ1) is 14.9. The van der Waals surface area contributed by atoms with Gasteiger partial charge in [0.05, 0.1) is 6.04 Å². The zero-order valence-corrected chi connectivity index (χ0v) is 18.4. The number of nitrogens with one attached hydrogen (secondary N) is 1. The molecule has 0 spiro atoms. The van der Waals surface area contributed by atoms with Crippen molar-refractivity contribution in [2.75, 3.05) is 6.61 Å². The molecule has 0 fully saturated rings. The monoisotopic (exact) mass is 419 g/mol. The number of carbonyl (C=O) groups is 2. The van der Waals surface area contributed by atoms with E-state index in [-0.39, 0.29) is 17.5 Å². The van der Waals surface area contributed by atoms with Gasteiger partial charge in [-0.15, -0.1) is 0 Å². The summed E-state index contributed by atoms with van der Waals surface area (Å²) in [4.78, 5) is 24.8. The first-order valence-electron chi connectivity index (χ1n) is 10.8. The van der Waals surface area contributed by atoms with Gasteiger partial charge in [0.1, 0.15) is 11.6 Å². The van der Waals surface area contributed by atoms with Crippen LogP contribution in [0.15, 0.2) is 35.9 Å². The summed E-state index contributed by atoms with van der Waals surface area (Å²) < 4.78 is 7.29. The minimum Gasteiger partial charge on any atom is -0.451 e. The molecule has 1 aromatic carbocycles. The van der Waals surface area contributed by atoms with E-state index in [9.17, 15) is 14.9 Å². The highest BCUT2D eigenvalue weighted by Gasteiger charge is 2.22. The Morgan fingerprint density at radius 3 is 2.84 bits per heavy atom. The maximum absolute atomic E-state index is 12.4. The zero-order valence-electron chi connectivity index (χ0n) is 18.4. The maximum atomic E-state index is 12.4. The highest BCUT2D eigenvalue weighted by Crippen LogP contribution is 2.29. The maximum Gasteiger partial charge on any atom is 0.349 e. The van der Waals surface area contributed by atoms with Crippen molar-refractivity contribution < 1.29 is 14.3 Å². The summed E-state index contributed by atoms with van der Waals surface area (Å²) in [5.41, 5.74) is 5.12. The van der Waals surface area contributed by atoms with Gasteiger partial charge in [-0.2, -0.15) is 5.26 Å². The number of rotatable bonds is 7. The highest BCUT2D eigenvalue weighted by molar-refractivity contribution is 5.99. The molecule has 1 aliphatic rings. The van der Waals surface area contributed by atoms with Crippen LogP contribution in [0.2, 0.25) is 0 Å². The quantitative estimate of drug-likeness (QED) is 0.415. The number of ether oxygens (including phenoxy) is 1. The largest absolute Gasteiger partial charge is 0.451 e. The van der Waals surface area contributed by atoms with Crippen molar-refractivity contribution in [3.63, 3.8) is 0 Å². The van der Waals surface area contributed by atoms with Crippen molar-refractivity contribution in [1.82, 2.24) is 9.88 Å². The van der Waals surface area contributed by atoms with Crippen LogP contribution >= 0.6 is 0 Å². The Hall–Kier alpha value is -3.33. The fourth-order valence-corrected chi connectivity index (χ4v) is 4.18. The molecule has 1 aromatic heterocycles. The molecule has 2 aromatic rings. The predicted molar refractivity (Wildman–Crippen MR) is 119 cm³/mol. The topological polar surface area (TPSA) is 84.1 Å². The van der Waals surface area contributed by atoms with Gasteiger partial charge in [0, 0.05) is 17.9 Å². The minimum absolute atomic E-state index is 0.0777. The van der Waals surface area contributed by atoms with Crippen molar-refractivity contribution in [1.29, 1.82) is 5.26 Å². The average molecular weight is 420 g/mol. The van der Waals surface area contributed by atoms with E-state index < -0.39 is 12.6 Å². The average Bonchev–Trinajstić information content (AvgIpc) is 3.03. The molecule has 1 atom stereocenters. The van der Waals surface area contributed by atoms with E-state index in [0.717, 1.165) is 54.7 Å². The third kappa shape index (κ3) is 5.24. The number of nitriles is 1. The van der Waals surface area contributed by atoms with Crippen LogP contribution in [0.3, 0.4) is 0 Å². The molecule has 1 N–H and O–H groups in total. The lowest BCUT2D eigenvalue weighted by atomic mass is 9.88. The molecule has 1 heterocycles. The molecule has 6 nitrogen and oxygen atoms in total. The molecule has 0 saturated carbocycles. The van der Waals surface area contributed by atoms with Crippen molar-refractivity contribution >= 4 is 18.0 Å². The fraction of sp³-hybridized carbons (Fsp3) is 0.400. The summed E-state index contributed by atoms with van der Waals surface area (Å²) in [5.74, 6) is -1.16. The third-order valence-corrected chi connectivity index (χ3v) is 5.74. The second kappa shape index (κ2) is 10.1. The Balaban J connectivity index is 1.62. The van der Waals surface area contributed by atoms with Crippen LogP contribution in [0.4, 0.5) is 0 Å². The van der Waals surface area contributed by atoms with Gasteiger partial charge in [-0.1, -0.05) is 31.2 Å². The minimum atomic E-state index is -0.790. The van der Waals surface area contributed by atoms with Crippen LogP contribution in [0.25, 0.3) is 6.08 Å². The lowest BCUT2D eigenvalue weighted by molar-refractivity contribution is -0.144. The van der Waals surface area contributed by atoms with Crippen LogP contribution < -0.4 is 5.32 Å². The first kappa shape index (κ1) is 22.4. The Morgan fingerprint density at radius 1 is 1.32 bits per heavy atom. The Kier molecular flexibility index (Phi) is 7.30. The van der Waals surface area contributed by atoms with E-state index in [1.165, 1.54) is 11.6 Å². The highest BCUT2D eigenvalue weighted by atomic mass is 16.5. The van der Waals surface area contributed by atoms with Gasteiger partial charge in [-0.25, -0.2) is 4.79 Å². The fourth-order valence-electron chi connectivity index (χ4n) is 4.18. The molecule has 0 unspecified atom stereocenters. The van der Waals surface area contributed by atoms with Gasteiger partial charge in [-0.3, -0.25) is 4.79 Å². The van der Waals surface area contributed by atoms with Crippen molar-refractivity contribution in [2.24, 2.45) is 0 Å². The second-order valence-electron chi connectivity index (χ2n) is 7.94. The number of aromatic nitrogens is 1. The SMILES string of the molecule is CCCn1c(C)cc(/C=C(\C#N)C(=O)OCC(=O)N[C@H]2CCCc3ccccc32)c1C. The van der Waals surface area contributed by atoms with Crippen molar-refractivity contribution in [3.8, 4) is 6.07 Å². The number of aryl methyl sites for hydroxylation is 2. The normalized spacial score (nSPS) is 15.7. The smallest absolute Gasteiger partial charge is 0.349 e. The summed E-state index contributed by atoms with van der Waals surface area (Å²) in [6, 6.07) is 11.8. The Bertz CT molecular complexity index is 1040. The van der Waals surface area contributed by atoms with Gasteiger partial charge < -0.3 is 14.6 Å². The summed E-state index contributed by atoms with van der Waals surface area (Å²) in [6.45, 7) is 6.53. The van der Waals surface area contributed by atoms with E-state index >= 15 is 0 Å². The first-order valence-corrected chi connectivity index (χ1v) is 10.8. The number of hydrogen-bond donors (Lipinski definition) is 1. The van der Waals surface area contributed by atoms with Crippen molar-refractivity contribution in [3.05, 3.63) is 64.0 Å². The Morgan fingerprint density at radius 2 is 2.10 bits per heavy atom. The molecule has 1 amide bonds. The molecule has 3 rings (SSSR count). The molecule has 0 radical (unpaired) electrons. The summed E-state index contributed by atoms with van der Waals surface area (Å²) in [5, 5.41) is 12.4. The number of hydrogen-bond acceptors (Lipinski definition) is 4. The van der Waals surface area contributed by atoms with E-state index in [1.54, 1.807) is 0 Å². The van der Waals surface area contributed by atoms with Crippen LogP contribution in [-0.2, 0) is 27.3 Å². The molecule has 0 bridgehead atoms. The van der Waals surface area contributed by atoms with E-state index in [4.69, 9.17) is 4.74 Å². The van der Waals surface area contributed by atoms with Gasteiger partial charge in [-0.05, 0) is 68.4 Å². The van der Waals surface area contributed by atoms with Crippen molar-refractivity contribution in [2.45, 2.75) is 59.0 Å². The van der Waals surface area contributed by atoms with Crippen LogP contribution in [0, 0.1) is 25.2 Å². The van der Waals surface area contributed by atoms with E-state index in [1.807, 2.05) is 44.2 Å². The molecular formula is C25H29N3O3.